The highest BCUT2D eigenvalue weighted by Gasteiger charge is 2.21. The summed E-state index contributed by atoms with van der Waals surface area (Å²) in [7, 11) is 0. The van der Waals surface area contributed by atoms with Crippen LogP contribution in [0.25, 0.3) is 16.6 Å². The molecule has 1 aliphatic rings. The van der Waals surface area contributed by atoms with Crippen molar-refractivity contribution in [2.24, 2.45) is 5.92 Å². The lowest BCUT2D eigenvalue weighted by Crippen LogP contribution is -2.31. The third-order valence-corrected chi connectivity index (χ3v) is 6.53. The first-order valence-corrected chi connectivity index (χ1v) is 12.9. The summed E-state index contributed by atoms with van der Waals surface area (Å²) in [5.41, 5.74) is 2.45. The minimum Gasteiger partial charge on any atom is -0.494 e. The molecular weight excluding hydrogens is 466 g/mol. The van der Waals surface area contributed by atoms with E-state index >= 15 is 0 Å². The molecular formula is C30H33N3O4. The maximum absolute atomic E-state index is 13.6. The number of hydrogen-bond acceptors (Lipinski definition) is 6. The third kappa shape index (κ3) is 5.32. The quantitative estimate of drug-likeness (QED) is 0.348. The molecule has 1 atom stereocenters. The van der Waals surface area contributed by atoms with Gasteiger partial charge in [0, 0.05) is 12.5 Å². The van der Waals surface area contributed by atoms with Gasteiger partial charge in [-0.3, -0.25) is 9.36 Å². The van der Waals surface area contributed by atoms with Crippen LogP contribution in [0.5, 0.6) is 17.2 Å². The number of hydrogen-bond donors (Lipinski definition) is 1. The van der Waals surface area contributed by atoms with Crippen LogP contribution in [0.4, 0.5) is 0 Å². The highest BCUT2D eigenvalue weighted by Crippen LogP contribution is 2.34. The first kappa shape index (κ1) is 24.8. The van der Waals surface area contributed by atoms with Crippen LogP contribution in [0.1, 0.15) is 44.6 Å². The highest BCUT2D eigenvalue weighted by molar-refractivity contribution is 5.77. The molecule has 0 saturated carbocycles. The van der Waals surface area contributed by atoms with Gasteiger partial charge in [-0.2, -0.15) is 0 Å². The largest absolute Gasteiger partial charge is 0.494 e. The molecule has 0 bridgehead atoms. The Morgan fingerprint density at radius 3 is 2.51 bits per heavy atom. The van der Waals surface area contributed by atoms with Gasteiger partial charge in [0.2, 0.25) is 0 Å². The molecule has 7 heteroatoms. The Kier molecular flexibility index (Phi) is 7.42. The normalized spacial score (nSPS) is 13.9. The molecule has 0 amide bonds. The van der Waals surface area contributed by atoms with E-state index in [1.54, 1.807) is 4.57 Å². The number of benzene rings is 3. The second-order valence-corrected chi connectivity index (χ2v) is 9.47. The standard InChI is InChI=1S/C30H33N3O4/c1-4-35-23-13-11-22(12-14-23)33-28(32-25-9-6-5-8-24(25)30(33)34)19-31-29(20(2)3)21-10-15-26-27(18-21)37-17-7-16-36-26/h5-6,8-15,18,20,29,31H,4,7,16-17,19H2,1-3H3/t29-/m1/s1. The number of aromatic nitrogens is 2. The SMILES string of the molecule is CCOc1ccc(-n2c(CN[C@@H](c3ccc4c(c3)OCCCO4)C(C)C)nc3ccccc3c2=O)cc1. The smallest absolute Gasteiger partial charge is 0.266 e. The molecule has 5 rings (SSSR count). The minimum absolute atomic E-state index is 0.0225. The molecule has 2 heterocycles. The lowest BCUT2D eigenvalue weighted by Gasteiger charge is -2.25. The lowest BCUT2D eigenvalue weighted by molar-refractivity contribution is 0.296. The van der Waals surface area contributed by atoms with E-state index in [9.17, 15) is 4.79 Å². The zero-order valence-corrected chi connectivity index (χ0v) is 21.6. The van der Waals surface area contributed by atoms with E-state index < -0.39 is 0 Å². The second kappa shape index (κ2) is 11.0. The Labute approximate surface area is 217 Å². The number of ether oxygens (including phenoxy) is 3. The van der Waals surface area contributed by atoms with E-state index in [1.165, 1.54) is 0 Å². The molecule has 0 saturated heterocycles. The van der Waals surface area contributed by atoms with Gasteiger partial charge < -0.3 is 19.5 Å². The van der Waals surface area contributed by atoms with Crippen LogP contribution in [0, 0.1) is 5.92 Å². The second-order valence-electron chi connectivity index (χ2n) is 9.47. The van der Waals surface area contributed by atoms with Crippen LogP contribution in [0.3, 0.4) is 0 Å². The molecule has 192 valence electrons. The van der Waals surface area contributed by atoms with E-state index in [4.69, 9.17) is 19.2 Å². The molecule has 0 unspecified atom stereocenters. The highest BCUT2D eigenvalue weighted by atomic mass is 16.5. The van der Waals surface area contributed by atoms with Crippen molar-refractivity contribution in [2.45, 2.75) is 39.8 Å². The Balaban J connectivity index is 1.50. The summed E-state index contributed by atoms with van der Waals surface area (Å²) < 4.78 is 19.0. The number of rotatable bonds is 8. The first-order chi connectivity index (χ1) is 18.0. The van der Waals surface area contributed by atoms with Crippen LogP contribution < -0.4 is 25.1 Å². The molecule has 0 spiro atoms. The van der Waals surface area contributed by atoms with E-state index in [2.05, 4.69) is 31.3 Å². The summed E-state index contributed by atoms with van der Waals surface area (Å²) in [4.78, 5) is 18.5. The molecule has 0 fully saturated rings. The van der Waals surface area contributed by atoms with Crippen LogP contribution in [0.2, 0.25) is 0 Å². The van der Waals surface area contributed by atoms with Gasteiger partial charge in [0.15, 0.2) is 11.5 Å². The Bertz CT molecular complexity index is 1430. The summed E-state index contributed by atoms with van der Waals surface area (Å²) in [5, 5.41) is 4.25. The zero-order valence-electron chi connectivity index (χ0n) is 21.6. The molecule has 7 nitrogen and oxygen atoms in total. The number of nitrogens with one attached hydrogen (secondary N) is 1. The van der Waals surface area contributed by atoms with Crippen molar-refractivity contribution < 1.29 is 14.2 Å². The number of fused-ring (bicyclic) bond motifs is 2. The number of para-hydroxylation sites is 1. The van der Waals surface area contributed by atoms with E-state index in [0.29, 0.717) is 43.1 Å². The zero-order chi connectivity index (χ0) is 25.8. The predicted molar refractivity (Wildman–Crippen MR) is 145 cm³/mol. The van der Waals surface area contributed by atoms with Crippen LogP contribution in [-0.2, 0) is 6.54 Å². The fourth-order valence-corrected chi connectivity index (χ4v) is 4.73. The predicted octanol–water partition coefficient (Wildman–Crippen LogP) is 5.43. The van der Waals surface area contributed by atoms with Gasteiger partial charge in [0.1, 0.15) is 11.6 Å². The van der Waals surface area contributed by atoms with Gasteiger partial charge in [-0.25, -0.2) is 4.98 Å². The molecule has 1 N–H and O–H groups in total. The molecule has 0 aliphatic carbocycles. The molecule has 1 aliphatic heterocycles. The molecule has 4 aromatic rings. The summed E-state index contributed by atoms with van der Waals surface area (Å²) in [6.45, 7) is 8.60. The van der Waals surface area contributed by atoms with Crippen molar-refractivity contribution in [1.82, 2.24) is 14.9 Å². The first-order valence-electron chi connectivity index (χ1n) is 12.9. The fraction of sp³-hybridized carbons (Fsp3) is 0.333. The fourth-order valence-electron chi connectivity index (χ4n) is 4.73. The van der Waals surface area contributed by atoms with Crippen LogP contribution >= 0.6 is 0 Å². The number of nitrogens with zero attached hydrogens (tertiary/aromatic N) is 2. The Morgan fingerprint density at radius 1 is 1.00 bits per heavy atom. The Hall–Kier alpha value is -3.84. The average molecular weight is 500 g/mol. The van der Waals surface area contributed by atoms with E-state index in [-0.39, 0.29) is 17.5 Å². The average Bonchev–Trinajstić information content (AvgIpc) is 3.15. The van der Waals surface area contributed by atoms with Crippen LogP contribution in [-0.4, -0.2) is 29.4 Å². The molecule has 3 aromatic carbocycles. The van der Waals surface area contributed by atoms with Crippen molar-refractivity contribution in [3.8, 4) is 22.9 Å². The van der Waals surface area contributed by atoms with Crippen molar-refractivity contribution in [2.75, 3.05) is 19.8 Å². The van der Waals surface area contributed by atoms with Gasteiger partial charge in [0.25, 0.3) is 5.56 Å². The summed E-state index contributed by atoms with van der Waals surface area (Å²) in [5.74, 6) is 3.26. The van der Waals surface area contributed by atoms with E-state index in [0.717, 1.165) is 34.9 Å². The van der Waals surface area contributed by atoms with Crippen molar-refractivity contribution in [3.63, 3.8) is 0 Å². The van der Waals surface area contributed by atoms with Crippen molar-refractivity contribution >= 4 is 10.9 Å². The lowest BCUT2D eigenvalue weighted by atomic mass is 9.95. The van der Waals surface area contributed by atoms with Gasteiger partial charge >= 0.3 is 0 Å². The van der Waals surface area contributed by atoms with Gasteiger partial charge in [-0.1, -0.05) is 32.0 Å². The minimum atomic E-state index is -0.0942. The van der Waals surface area contributed by atoms with Crippen LogP contribution in [0.15, 0.2) is 71.5 Å². The summed E-state index contributed by atoms with van der Waals surface area (Å²) in [6, 6.07) is 21.2. The van der Waals surface area contributed by atoms with Crippen molar-refractivity contribution in [1.29, 1.82) is 0 Å². The maximum atomic E-state index is 13.6. The maximum Gasteiger partial charge on any atom is 0.266 e. The Morgan fingerprint density at radius 2 is 1.76 bits per heavy atom. The van der Waals surface area contributed by atoms with Gasteiger partial charge in [-0.05, 0) is 66.9 Å². The monoisotopic (exact) mass is 499 g/mol. The van der Waals surface area contributed by atoms with Gasteiger partial charge in [-0.15, -0.1) is 0 Å². The topological polar surface area (TPSA) is 74.6 Å². The third-order valence-electron chi connectivity index (χ3n) is 6.53. The van der Waals surface area contributed by atoms with Gasteiger partial charge in [0.05, 0.1) is 43.0 Å². The summed E-state index contributed by atoms with van der Waals surface area (Å²) in [6.07, 6.45) is 0.868. The molecule has 1 aromatic heterocycles. The molecule has 0 radical (unpaired) electrons. The van der Waals surface area contributed by atoms with Crippen molar-refractivity contribution in [3.05, 3.63) is 88.5 Å². The van der Waals surface area contributed by atoms with E-state index in [1.807, 2.05) is 61.5 Å². The molecule has 37 heavy (non-hydrogen) atoms. The summed E-state index contributed by atoms with van der Waals surface area (Å²) >= 11 is 0.